The molecule has 3 aliphatic rings. The maximum Gasteiger partial charge on any atom is 0.0485 e. The van der Waals surface area contributed by atoms with E-state index < -0.39 is 0 Å². The summed E-state index contributed by atoms with van der Waals surface area (Å²) in [5.74, 6) is 1.33. The average Bonchev–Trinajstić information content (AvgIpc) is 2.70. The first-order chi connectivity index (χ1) is 9.68. The monoisotopic (exact) mass is 418 g/mol. The van der Waals surface area contributed by atoms with Gasteiger partial charge in [-0.3, -0.25) is 0 Å². The van der Waals surface area contributed by atoms with E-state index in [0.717, 1.165) is 0 Å². The minimum absolute atomic E-state index is 0. The second-order valence-corrected chi connectivity index (χ2v) is 10.5. The molecule has 0 fully saturated rings. The van der Waals surface area contributed by atoms with Crippen LogP contribution in [0.25, 0.3) is 0 Å². The van der Waals surface area contributed by atoms with Crippen molar-refractivity contribution >= 4 is 26.5 Å². The van der Waals surface area contributed by atoms with Gasteiger partial charge in [0.2, 0.25) is 0 Å². The molecule has 0 nitrogen and oxygen atoms in total. The molecule has 2 radical (unpaired) electrons. The summed E-state index contributed by atoms with van der Waals surface area (Å²) in [4.78, 5) is 0. The van der Waals surface area contributed by atoms with Crippen LogP contribution in [-0.4, -0.2) is 10.1 Å². The topological polar surface area (TPSA) is 0 Å². The van der Waals surface area contributed by atoms with E-state index in [2.05, 4.69) is 84.1 Å². The van der Waals surface area contributed by atoms with Crippen LogP contribution in [-0.2, 0) is 19.5 Å². The molecule has 0 spiro atoms. The predicted octanol–water partition coefficient (Wildman–Crippen LogP) is 6.42. The second-order valence-electron chi connectivity index (χ2n) is 7.53. The first-order valence-electron chi connectivity index (χ1n) is 7.47. The van der Waals surface area contributed by atoms with Crippen LogP contribution in [0, 0.1) is 16.7 Å². The molecule has 0 atom stereocenters. The molecule has 2 aliphatic carbocycles. The van der Waals surface area contributed by atoms with E-state index in [1.807, 2.05) is 0 Å². The quantitative estimate of drug-likeness (QED) is 0.314. The number of hydrogen-bond donors (Lipinski definition) is 0. The number of allylic oxidation sites excluding steroid dienone is 8. The van der Waals surface area contributed by atoms with Crippen LogP contribution in [0.3, 0.4) is 0 Å². The zero-order chi connectivity index (χ0) is 15.7. The summed E-state index contributed by atoms with van der Waals surface area (Å²) >= 11 is 0. The molecule has 0 N–H and O–H groups in total. The van der Waals surface area contributed by atoms with E-state index in [9.17, 15) is 0 Å². The van der Waals surface area contributed by atoms with Crippen molar-refractivity contribution in [1.29, 1.82) is 0 Å². The van der Waals surface area contributed by atoms with Gasteiger partial charge in [0.15, 0.2) is 0 Å². The summed E-state index contributed by atoms with van der Waals surface area (Å²) in [6.07, 6.45) is 14.7. The summed E-state index contributed by atoms with van der Waals surface area (Å²) in [7, 11) is 3.04. The van der Waals surface area contributed by atoms with Gasteiger partial charge in [-0.2, -0.15) is 0 Å². The maximum absolute atomic E-state index is 2.31. The largest absolute Gasteiger partial charge is 0.0687 e. The SMILES string of the molecule is C1=C[C]2C=CC=C2C=C1.CC(C)(C)C1=PC(C(C)(C)C)=P1.[Rh]. The summed E-state index contributed by atoms with van der Waals surface area (Å²) in [5, 5.41) is 3.35. The van der Waals surface area contributed by atoms with Gasteiger partial charge >= 0.3 is 0 Å². The van der Waals surface area contributed by atoms with E-state index in [1.165, 1.54) is 27.9 Å². The van der Waals surface area contributed by atoms with E-state index in [-0.39, 0.29) is 19.5 Å². The Morgan fingerprint density at radius 1 is 0.682 bits per heavy atom. The van der Waals surface area contributed by atoms with Crippen molar-refractivity contribution in [2.75, 3.05) is 0 Å². The molecule has 0 aromatic rings. The molecule has 1 aliphatic heterocycles. The Morgan fingerprint density at radius 3 is 1.59 bits per heavy atom. The summed E-state index contributed by atoms with van der Waals surface area (Å²) < 4.78 is 0. The van der Waals surface area contributed by atoms with E-state index >= 15 is 0 Å². The van der Waals surface area contributed by atoms with E-state index in [0.29, 0.717) is 10.8 Å². The molecule has 0 amide bonds. The van der Waals surface area contributed by atoms with Gasteiger partial charge in [0.25, 0.3) is 0 Å². The Hall–Kier alpha value is -0.0766. The van der Waals surface area contributed by atoms with Crippen molar-refractivity contribution in [3.05, 3.63) is 54.0 Å². The number of rotatable bonds is 0. The molecule has 3 rings (SSSR count). The Kier molecular flexibility index (Phi) is 6.95. The fraction of sp³-hybridized carbons (Fsp3) is 0.421. The molecule has 0 saturated carbocycles. The third kappa shape index (κ3) is 5.23. The average molecular weight is 418 g/mol. The van der Waals surface area contributed by atoms with Gasteiger partial charge in [-0.05, 0) is 16.4 Å². The van der Waals surface area contributed by atoms with Crippen molar-refractivity contribution in [3.8, 4) is 0 Å². The molecule has 0 saturated heterocycles. The van der Waals surface area contributed by atoms with Gasteiger partial charge in [-0.15, -0.1) is 0 Å². The standard InChI is InChI=1S/C10H18P2.C9H7.Rh/c1-9(2,3)7-11-8(12-7)10(4,5)6;1-2-5-9-7-3-6-8(9)4-1;/h1-6H3;1-7H;. The Morgan fingerprint density at radius 2 is 1.14 bits per heavy atom. The number of hydrogen-bond acceptors (Lipinski definition) is 0. The van der Waals surface area contributed by atoms with Crippen LogP contribution in [0.4, 0.5) is 0 Å². The fourth-order valence-electron chi connectivity index (χ4n) is 1.95. The van der Waals surface area contributed by atoms with E-state index in [1.54, 1.807) is 10.1 Å². The molecule has 0 aromatic heterocycles. The fourth-order valence-corrected chi connectivity index (χ4v) is 4.60. The molecule has 1 heterocycles. The Labute approximate surface area is 152 Å². The molecule has 0 bridgehead atoms. The van der Waals surface area contributed by atoms with Gasteiger partial charge in [-0.25, -0.2) is 0 Å². The van der Waals surface area contributed by atoms with Crippen LogP contribution in [0.5, 0.6) is 0 Å². The van der Waals surface area contributed by atoms with Crippen molar-refractivity contribution in [1.82, 2.24) is 0 Å². The van der Waals surface area contributed by atoms with Gasteiger partial charge < -0.3 is 0 Å². The van der Waals surface area contributed by atoms with Crippen LogP contribution < -0.4 is 0 Å². The first kappa shape index (κ1) is 20.0. The van der Waals surface area contributed by atoms with Crippen LogP contribution in [0.2, 0.25) is 0 Å². The molecule has 0 unspecified atom stereocenters. The third-order valence-electron chi connectivity index (χ3n) is 3.31. The number of fused-ring (bicyclic) bond motifs is 1. The summed E-state index contributed by atoms with van der Waals surface area (Å²) in [6, 6.07) is 0. The van der Waals surface area contributed by atoms with Crippen molar-refractivity contribution in [2.45, 2.75) is 41.5 Å². The Bertz CT molecular complexity index is 554. The van der Waals surface area contributed by atoms with Crippen LogP contribution in [0.15, 0.2) is 48.1 Å². The molecule has 22 heavy (non-hydrogen) atoms. The molecule has 3 heteroatoms. The van der Waals surface area contributed by atoms with Crippen LogP contribution in [0.1, 0.15) is 41.5 Å². The van der Waals surface area contributed by atoms with Crippen molar-refractivity contribution in [2.24, 2.45) is 10.8 Å². The van der Waals surface area contributed by atoms with Crippen LogP contribution >= 0.6 is 16.4 Å². The third-order valence-corrected chi connectivity index (χ3v) is 8.04. The Balaban J connectivity index is 0.000000217. The van der Waals surface area contributed by atoms with Gasteiger partial charge in [-0.1, -0.05) is 100 Å². The normalized spacial score (nSPS) is 20.5. The molecule has 120 valence electrons. The van der Waals surface area contributed by atoms with Crippen molar-refractivity contribution < 1.29 is 19.5 Å². The minimum atomic E-state index is 0. The zero-order valence-corrected chi connectivity index (χ0v) is 17.7. The second kappa shape index (κ2) is 7.66. The van der Waals surface area contributed by atoms with Gasteiger partial charge in [0.1, 0.15) is 0 Å². The first-order valence-corrected chi connectivity index (χ1v) is 9.25. The minimum Gasteiger partial charge on any atom is -0.0687 e. The van der Waals surface area contributed by atoms with Gasteiger partial charge in [0, 0.05) is 35.5 Å². The molecule has 0 aromatic carbocycles. The zero-order valence-electron chi connectivity index (χ0n) is 14.3. The summed E-state index contributed by atoms with van der Waals surface area (Å²) in [6.45, 7) is 13.8. The smallest absolute Gasteiger partial charge is 0.0485 e. The summed E-state index contributed by atoms with van der Waals surface area (Å²) in [5.41, 5.74) is 2.16. The predicted molar refractivity (Wildman–Crippen MR) is 102 cm³/mol. The molecular formula is C19H25P2Rh. The van der Waals surface area contributed by atoms with E-state index in [4.69, 9.17) is 0 Å². The molecular weight excluding hydrogens is 393 g/mol. The maximum atomic E-state index is 2.31. The van der Waals surface area contributed by atoms with Crippen molar-refractivity contribution in [3.63, 3.8) is 0 Å². The van der Waals surface area contributed by atoms with Gasteiger partial charge in [0.05, 0.1) is 0 Å².